The number of nitrogen functional groups attached to an aromatic ring is 1. The number of imidazole rings is 1. The van der Waals surface area contributed by atoms with Crippen LogP contribution < -0.4 is 5.73 Å². The highest BCUT2D eigenvalue weighted by molar-refractivity contribution is 6.02. The van der Waals surface area contributed by atoms with Gasteiger partial charge in [-0.25, -0.2) is 4.98 Å². The average molecular weight is 268 g/mol. The summed E-state index contributed by atoms with van der Waals surface area (Å²) in [6.07, 6.45) is 6.71. The number of nitrogens with two attached hydrogens (primary N) is 1. The Morgan fingerprint density at radius 3 is 2.80 bits per heavy atom. The second-order valence-corrected chi connectivity index (χ2v) is 5.19. The van der Waals surface area contributed by atoms with Gasteiger partial charge in [-0.15, -0.1) is 0 Å². The van der Waals surface area contributed by atoms with Crippen molar-refractivity contribution in [2.24, 2.45) is 0 Å². The van der Waals surface area contributed by atoms with Gasteiger partial charge in [-0.3, -0.25) is 4.98 Å². The summed E-state index contributed by atoms with van der Waals surface area (Å²) in [5.41, 5.74) is 9.08. The highest BCUT2D eigenvalue weighted by atomic mass is 15.2. The van der Waals surface area contributed by atoms with Crippen LogP contribution in [0.1, 0.15) is 32.6 Å². The Bertz CT molecular complexity index is 730. The van der Waals surface area contributed by atoms with Crippen molar-refractivity contribution in [2.75, 3.05) is 5.73 Å². The van der Waals surface area contributed by atoms with Gasteiger partial charge in [-0.2, -0.15) is 0 Å². The molecule has 3 aromatic rings. The van der Waals surface area contributed by atoms with E-state index in [0.29, 0.717) is 5.95 Å². The summed E-state index contributed by atoms with van der Waals surface area (Å²) in [6.45, 7) is 3.15. The topological polar surface area (TPSA) is 56.7 Å². The summed E-state index contributed by atoms with van der Waals surface area (Å²) >= 11 is 0. The molecule has 0 saturated carbocycles. The Labute approximate surface area is 118 Å². The number of benzene rings is 1. The minimum atomic E-state index is 0.592. The number of fused-ring (bicyclic) bond motifs is 3. The molecule has 2 heterocycles. The number of nitrogens with zero attached hydrogens (tertiary/aromatic N) is 3. The standard InChI is InChI=1S/C16H20N4/c1-2-3-4-7-10-20-15-12-8-5-6-9-13(12)18-11-14(15)19-16(20)17/h5-6,8-9,11H,2-4,7,10H2,1H3,(H2,17,19). The van der Waals surface area contributed by atoms with E-state index in [4.69, 9.17) is 5.73 Å². The fourth-order valence-electron chi connectivity index (χ4n) is 2.70. The van der Waals surface area contributed by atoms with Crippen LogP contribution in [0.15, 0.2) is 30.5 Å². The predicted molar refractivity (Wildman–Crippen MR) is 83.6 cm³/mol. The normalized spacial score (nSPS) is 11.4. The second-order valence-electron chi connectivity index (χ2n) is 5.19. The third-order valence-electron chi connectivity index (χ3n) is 3.74. The summed E-state index contributed by atoms with van der Waals surface area (Å²) in [5, 5.41) is 1.13. The summed E-state index contributed by atoms with van der Waals surface area (Å²) < 4.78 is 2.13. The lowest BCUT2D eigenvalue weighted by Crippen LogP contribution is -2.03. The molecule has 0 aliphatic carbocycles. The second kappa shape index (κ2) is 5.49. The smallest absolute Gasteiger partial charge is 0.201 e. The van der Waals surface area contributed by atoms with Crippen molar-refractivity contribution >= 4 is 27.9 Å². The van der Waals surface area contributed by atoms with E-state index in [1.165, 1.54) is 19.3 Å². The molecule has 0 fully saturated rings. The molecule has 104 valence electrons. The van der Waals surface area contributed by atoms with Crippen LogP contribution in [0.4, 0.5) is 5.95 Å². The summed E-state index contributed by atoms with van der Waals surface area (Å²) in [6, 6.07) is 8.16. The molecule has 0 saturated heterocycles. The monoisotopic (exact) mass is 268 g/mol. The minimum Gasteiger partial charge on any atom is -0.369 e. The third-order valence-corrected chi connectivity index (χ3v) is 3.74. The highest BCUT2D eigenvalue weighted by Crippen LogP contribution is 2.26. The summed E-state index contributed by atoms with van der Waals surface area (Å²) in [4.78, 5) is 8.88. The minimum absolute atomic E-state index is 0.592. The zero-order valence-electron chi connectivity index (χ0n) is 11.8. The molecule has 0 spiro atoms. The fourth-order valence-corrected chi connectivity index (χ4v) is 2.70. The van der Waals surface area contributed by atoms with Gasteiger partial charge >= 0.3 is 0 Å². The molecule has 0 atom stereocenters. The molecule has 0 unspecified atom stereocenters. The van der Waals surface area contributed by atoms with Gasteiger partial charge in [0.25, 0.3) is 0 Å². The maximum Gasteiger partial charge on any atom is 0.201 e. The van der Waals surface area contributed by atoms with E-state index in [1.807, 2.05) is 24.4 Å². The number of para-hydroxylation sites is 1. The summed E-state index contributed by atoms with van der Waals surface area (Å²) in [7, 11) is 0. The van der Waals surface area contributed by atoms with Crippen LogP contribution in [0.2, 0.25) is 0 Å². The van der Waals surface area contributed by atoms with E-state index in [2.05, 4.69) is 27.5 Å². The molecule has 1 aromatic carbocycles. The van der Waals surface area contributed by atoms with Crippen molar-refractivity contribution in [1.82, 2.24) is 14.5 Å². The zero-order chi connectivity index (χ0) is 13.9. The van der Waals surface area contributed by atoms with E-state index in [-0.39, 0.29) is 0 Å². The number of hydrogen-bond donors (Lipinski definition) is 1. The Kier molecular flexibility index (Phi) is 3.54. The van der Waals surface area contributed by atoms with Crippen LogP contribution >= 0.6 is 0 Å². The Morgan fingerprint density at radius 2 is 1.95 bits per heavy atom. The number of anilines is 1. The van der Waals surface area contributed by atoms with Crippen molar-refractivity contribution in [2.45, 2.75) is 39.2 Å². The highest BCUT2D eigenvalue weighted by Gasteiger charge is 2.11. The van der Waals surface area contributed by atoms with Gasteiger partial charge in [-0.05, 0) is 12.5 Å². The quantitative estimate of drug-likeness (QED) is 0.717. The first-order valence-corrected chi connectivity index (χ1v) is 7.30. The van der Waals surface area contributed by atoms with E-state index >= 15 is 0 Å². The molecule has 20 heavy (non-hydrogen) atoms. The van der Waals surface area contributed by atoms with Crippen LogP contribution in [-0.4, -0.2) is 14.5 Å². The Balaban J connectivity index is 2.05. The predicted octanol–water partition coefficient (Wildman–Crippen LogP) is 3.75. The summed E-state index contributed by atoms with van der Waals surface area (Å²) in [5.74, 6) is 0.592. The number of aryl methyl sites for hydroxylation is 1. The lowest BCUT2D eigenvalue weighted by atomic mass is 10.2. The average Bonchev–Trinajstić information content (AvgIpc) is 2.80. The lowest BCUT2D eigenvalue weighted by molar-refractivity contribution is 0.596. The van der Waals surface area contributed by atoms with Gasteiger partial charge < -0.3 is 10.3 Å². The van der Waals surface area contributed by atoms with E-state index < -0.39 is 0 Å². The van der Waals surface area contributed by atoms with Crippen LogP contribution in [0, 0.1) is 0 Å². The number of pyridine rings is 1. The molecule has 2 aromatic heterocycles. The van der Waals surface area contributed by atoms with Crippen LogP contribution in [0.5, 0.6) is 0 Å². The van der Waals surface area contributed by atoms with Gasteiger partial charge in [0.2, 0.25) is 5.95 Å². The largest absolute Gasteiger partial charge is 0.369 e. The van der Waals surface area contributed by atoms with E-state index in [1.54, 1.807) is 0 Å². The first-order valence-electron chi connectivity index (χ1n) is 7.30. The van der Waals surface area contributed by atoms with E-state index in [9.17, 15) is 0 Å². The van der Waals surface area contributed by atoms with Crippen molar-refractivity contribution in [3.8, 4) is 0 Å². The number of aromatic nitrogens is 3. The first kappa shape index (κ1) is 12.9. The van der Waals surface area contributed by atoms with Gasteiger partial charge in [0.15, 0.2) is 0 Å². The molecule has 0 aliphatic rings. The van der Waals surface area contributed by atoms with Crippen LogP contribution in [0.25, 0.3) is 21.9 Å². The zero-order valence-corrected chi connectivity index (χ0v) is 11.8. The van der Waals surface area contributed by atoms with Gasteiger partial charge in [0, 0.05) is 11.9 Å². The first-order chi connectivity index (χ1) is 9.81. The van der Waals surface area contributed by atoms with Crippen molar-refractivity contribution in [3.05, 3.63) is 30.5 Å². The number of hydrogen-bond acceptors (Lipinski definition) is 3. The fraction of sp³-hybridized carbons (Fsp3) is 0.375. The molecule has 0 aliphatic heterocycles. The van der Waals surface area contributed by atoms with Crippen molar-refractivity contribution in [3.63, 3.8) is 0 Å². The van der Waals surface area contributed by atoms with Gasteiger partial charge in [0.1, 0.15) is 5.52 Å². The molecule has 4 nitrogen and oxygen atoms in total. The van der Waals surface area contributed by atoms with Crippen LogP contribution in [0.3, 0.4) is 0 Å². The van der Waals surface area contributed by atoms with Gasteiger partial charge in [0.05, 0.1) is 17.2 Å². The number of unbranched alkanes of at least 4 members (excludes halogenated alkanes) is 3. The third kappa shape index (κ3) is 2.22. The van der Waals surface area contributed by atoms with E-state index in [0.717, 1.165) is 34.9 Å². The van der Waals surface area contributed by atoms with Gasteiger partial charge in [-0.1, -0.05) is 44.4 Å². The number of rotatable bonds is 5. The maximum absolute atomic E-state index is 6.08. The SMILES string of the molecule is CCCCCCn1c(N)nc2cnc3ccccc3c21. The Morgan fingerprint density at radius 1 is 1.10 bits per heavy atom. The molecule has 0 bridgehead atoms. The lowest BCUT2D eigenvalue weighted by Gasteiger charge is -2.07. The van der Waals surface area contributed by atoms with Crippen LogP contribution in [-0.2, 0) is 6.54 Å². The molecule has 2 N–H and O–H groups in total. The van der Waals surface area contributed by atoms with Crippen molar-refractivity contribution in [1.29, 1.82) is 0 Å². The molecular weight excluding hydrogens is 248 g/mol. The maximum atomic E-state index is 6.08. The molecular formula is C16H20N4. The Hall–Kier alpha value is -2.10. The van der Waals surface area contributed by atoms with Crippen molar-refractivity contribution < 1.29 is 0 Å². The molecule has 0 amide bonds. The molecule has 4 heteroatoms. The molecule has 0 radical (unpaired) electrons. The molecule has 3 rings (SSSR count).